The van der Waals surface area contributed by atoms with Crippen LogP contribution in [0.3, 0.4) is 0 Å². The Kier molecular flexibility index (Phi) is 4.54. The summed E-state index contributed by atoms with van der Waals surface area (Å²) in [5.74, 6) is 0.257. The molecule has 1 aliphatic heterocycles. The summed E-state index contributed by atoms with van der Waals surface area (Å²) in [6, 6.07) is 0. The van der Waals surface area contributed by atoms with Crippen LogP contribution in [0.2, 0.25) is 0 Å². The Balaban J connectivity index is 1.91. The van der Waals surface area contributed by atoms with Crippen molar-refractivity contribution in [2.75, 3.05) is 32.2 Å². The van der Waals surface area contributed by atoms with E-state index in [0.717, 1.165) is 42.6 Å². The molecular weight excluding hydrogens is 252 g/mol. The minimum absolute atomic E-state index is 0.372. The minimum Gasteiger partial charge on any atom is -0.464 e. The molecule has 5 nitrogen and oxygen atoms in total. The monoisotopic (exact) mass is 270 g/mol. The largest absolute Gasteiger partial charge is 0.464 e. The summed E-state index contributed by atoms with van der Waals surface area (Å²) in [5, 5.41) is 4.09. The first-order valence-corrected chi connectivity index (χ1v) is 6.89. The predicted octanol–water partition coefficient (Wildman–Crippen LogP) is 2.08. The summed E-state index contributed by atoms with van der Waals surface area (Å²) in [6.45, 7) is 4.45. The number of nitrogens with zero attached hydrogens (tertiary/aromatic N) is 1. The smallest absolute Gasteiger partial charge is 0.357 e. The number of aryl methyl sites for hydroxylation is 1. The summed E-state index contributed by atoms with van der Waals surface area (Å²) in [7, 11) is 1.37. The molecule has 0 saturated carbocycles. The molecule has 1 N–H and O–H groups in total. The summed E-state index contributed by atoms with van der Waals surface area (Å²) >= 11 is 1.49. The van der Waals surface area contributed by atoms with Crippen LogP contribution in [0.25, 0.3) is 0 Å². The van der Waals surface area contributed by atoms with Crippen molar-refractivity contribution in [1.29, 1.82) is 0 Å². The summed E-state index contributed by atoms with van der Waals surface area (Å²) < 4.78 is 10.0. The maximum atomic E-state index is 11.4. The van der Waals surface area contributed by atoms with E-state index in [1.165, 1.54) is 18.4 Å². The molecule has 18 heavy (non-hydrogen) atoms. The average molecular weight is 270 g/mol. The molecule has 1 aromatic heterocycles. The Bertz CT molecular complexity index is 413. The Morgan fingerprint density at radius 3 is 2.94 bits per heavy atom. The van der Waals surface area contributed by atoms with Crippen molar-refractivity contribution in [2.45, 2.75) is 19.8 Å². The van der Waals surface area contributed by atoms with Crippen LogP contribution in [0, 0.1) is 12.8 Å². The highest BCUT2D eigenvalue weighted by molar-refractivity contribution is 7.15. The zero-order valence-electron chi connectivity index (χ0n) is 10.7. The number of ether oxygens (including phenoxy) is 2. The molecule has 100 valence electrons. The fourth-order valence-electron chi connectivity index (χ4n) is 1.94. The molecule has 1 fully saturated rings. The van der Waals surface area contributed by atoms with E-state index in [1.807, 2.05) is 6.92 Å². The number of esters is 1. The topological polar surface area (TPSA) is 60.5 Å². The maximum Gasteiger partial charge on any atom is 0.357 e. The zero-order valence-corrected chi connectivity index (χ0v) is 11.5. The predicted molar refractivity (Wildman–Crippen MR) is 70.2 cm³/mol. The molecule has 0 atom stereocenters. The molecule has 6 heteroatoms. The van der Waals surface area contributed by atoms with E-state index in [0.29, 0.717) is 11.6 Å². The van der Waals surface area contributed by atoms with Crippen LogP contribution in [0.15, 0.2) is 0 Å². The SMILES string of the molecule is COC(=O)c1nc(NCC2CCOCC2)sc1C. The number of rotatable bonds is 4. The van der Waals surface area contributed by atoms with E-state index in [1.54, 1.807) is 0 Å². The van der Waals surface area contributed by atoms with Crippen molar-refractivity contribution in [3.05, 3.63) is 10.6 Å². The highest BCUT2D eigenvalue weighted by Crippen LogP contribution is 2.24. The number of anilines is 1. The number of hydrogen-bond acceptors (Lipinski definition) is 6. The highest BCUT2D eigenvalue weighted by Gasteiger charge is 2.17. The number of carbonyl (C=O) groups is 1. The second-order valence-corrected chi connectivity index (χ2v) is 5.56. The molecule has 0 spiro atoms. The van der Waals surface area contributed by atoms with Crippen LogP contribution >= 0.6 is 11.3 Å². The van der Waals surface area contributed by atoms with Crippen molar-refractivity contribution in [3.63, 3.8) is 0 Å². The van der Waals surface area contributed by atoms with Crippen molar-refractivity contribution >= 4 is 22.4 Å². The van der Waals surface area contributed by atoms with Crippen molar-refractivity contribution < 1.29 is 14.3 Å². The van der Waals surface area contributed by atoms with Gasteiger partial charge in [-0.3, -0.25) is 0 Å². The lowest BCUT2D eigenvalue weighted by molar-refractivity contribution is 0.0594. The molecule has 0 amide bonds. The molecule has 0 aliphatic carbocycles. The molecule has 2 rings (SSSR count). The fraction of sp³-hybridized carbons (Fsp3) is 0.667. The molecular formula is C12H18N2O3S. The molecule has 1 aliphatic rings. The third-order valence-electron chi connectivity index (χ3n) is 3.06. The van der Waals surface area contributed by atoms with Gasteiger partial charge in [0, 0.05) is 24.6 Å². The van der Waals surface area contributed by atoms with Gasteiger partial charge in [0.1, 0.15) is 0 Å². The average Bonchev–Trinajstić information content (AvgIpc) is 2.78. The van der Waals surface area contributed by atoms with E-state index in [-0.39, 0.29) is 5.97 Å². The standard InChI is InChI=1S/C12H18N2O3S/c1-8-10(11(15)16-2)14-12(18-8)13-7-9-3-5-17-6-4-9/h9H,3-7H2,1-2H3,(H,13,14). The van der Waals surface area contributed by atoms with Gasteiger partial charge in [-0.05, 0) is 25.7 Å². The highest BCUT2D eigenvalue weighted by atomic mass is 32.1. The van der Waals surface area contributed by atoms with E-state index in [9.17, 15) is 4.79 Å². The molecule has 0 bridgehead atoms. The maximum absolute atomic E-state index is 11.4. The Hall–Kier alpha value is -1.14. The van der Waals surface area contributed by atoms with Crippen LogP contribution in [0.4, 0.5) is 5.13 Å². The van der Waals surface area contributed by atoms with Crippen LogP contribution in [-0.2, 0) is 9.47 Å². The molecule has 0 unspecified atom stereocenters. The number of carbonyl (C=O) groups excluding carboxylic acids is 1. The van der Waals surface area contributed by atoms with Crippen molar-refractivity contribution in [2.24, 2.45) is 5.92 Å². The van der Waals surface area contributed by atoms with E-state index in [2.05, 4.69) is 15.0 Å². The first kappa shape index (κ1) is 13.3. The normalized spacial score (nSPS) is 16.6. The van der Waals surface area contributed by atoms with E-state index in [4.69, 9.17) is 4.74 Å². The van der Waals surface area contributed by atoms with Gasteiger partial charge in [0.05, 0.1) is 7.11 Å². The number of nitrogens with one attached hydrogen (secondary N) is 1. The molecule has 0 aromatic carbocycles. The first-order valence-electron chi connectivity index (χ1n) is 6.08. The van der Waals surface area contributed by atoms with E-state index >= 15 is 0 Å². The van der Waals surface area contributed by atoms with E-state index < -0.39 is 0 Å². The molecule has 2 heterocycles. The zero-order chi connectivity index (χ0) is 13.0. The molecule has 1 aromatic rings. The second kappa shape index (κ2) is 6.15. The van der Waals surface area contributed by atoms with Gasteiger partial charge in [-0.15, -0.1) is 11.3 Å². The number of thiazole rings is 1. The van der Waals surface area contributed by atoms with Crippen molar-refractivity contribution in [3.8, 4) is 0 Å². The van der Waals surface area contributed by atoms with Gasteiger partial charge in [0.2, 0.25) is 0 Å². The Morgan fingerprint density at radius 2 is 2.28 bits per heavy atom. The van der Waals surface area contributed by atoms with Crippen LogP contribution in [0.5, 0.6) is 0 Å². The number of hydrogen-bond donors (Lipinski definition) is 1. The van der Waals surface area contributed by atoms with Crippen LogP contribution in [0.1, 0.15) is 28.2 Å². The number of aromatic nitrogens is 1. The summed E-state index contributed by atoms with van der Waals surface area (Å²) in [5.41, 5.74) is 0.414. The minimum atomic E-state index is -0.372. The molecule has 1 saturated heterocycles. The number of methoxy groups -OCH3 is 1. The van der Waals surface area contributed by atoms with Crippen LogP contribution in [-0.4, -0.2) is 37.8 Å². The summed E-state index contributed by atoms with van der Waals surface area (Å²) in [6.07, 6.45) is 2.17. The first-order chi connectivity index (χ1) is 8.70. The van der Waals surface area contributed by atoms with Gasteiger partial charge in [-0.1, -0.05) is 0 Å². The van der Waals surface area contributed by atoms with Gasteiger partial charge >= 0.3 is 5.97 Å². The van der Waals surface area contributed by atoms with Crippen LogP contribution < -0.4 is 5.32 Å². The van der Waals surface area contributed by atoms with Crippen molar-refractivity contribution in [1.82, 2.24) is 4.98 Å². The lowest BCUT2D eigenvalue weighted by atomic mass is 10.0. The summed E-state index contributed by atoms with van der Waals surface area (Å²) in [4.78, 5) is 16.6. The Morgan fingerprint density at radius 1 is 1.56 bits per heavy atom. The van der Waals surface area contributed by atoms with Gasteiger partial charge in [0.25, 0.3) is 0 Å². The third-order valence-corrected chi connectivity index (χ3v) is 3.99. The lowest BCUT2D eigenvalue weighted by Crippen LogP contribution is -2.22. The quantitative estimate of drug-likeness (QED) is 0.849. The lowest BCUT2D eigenvalue weighted by Gasteiger charge is -2.21. The van der Waals surface area contributed by atoms with Gasteiger partial charge in [0.15, 0.2) is 10.8 Å². The molecule has 0 radical (unpaired) electrons. The van der Waals surface area contributed by atoms with Gasteiger partial charge < -0.3 is 14.8 Å². The Labute approximate surface area is 111 Å². The van der Waals surface area contributed by atoms with Gasteiger partial charge in [-0.25, -0.2) is 9.78 Å². The second-order valence-electron chi connectivity index (χ2n) is 4.35. The third kappa shape index (κ3) is 3.20. The van der Waals surface area contributed by atoms with Gasteiger partial charge in [-0.2, -0.15) is 0 Å². The fourth-order valence-corrected chi connectivity index (χ4v) is 2.75.